The van der Waals surface area contributed by atoms with Crippen LogP contribution in [0.15, 0.2) is 0 Å². The zero-order chi connectivity index (χ0) is 13.8. The first-order valence-corrected chi connectivity index (χ1v) is 7.78. The van der Waals surface area contributed by atoms with E-state index in [1.807, 2.05) is 0 Å². The molecular weight excluding hydrogens is 240 g/mol. The van der Waals surface area contributed by atoms with Crippen LogP contribution < -0.4 is 5.32 Å². The molecule has 1 heterocycles. The van der Waals surface area contributed by atoms with E-state index < -0.39 is 0 Å². The number of aliphatic hydroxyl groups is 1. The molecule has 2 aliphatic rings. The second-order valence-corrected chi connectivity index (χ2v) is 6.60. The van der Waals surface area contributed by atoms with Gasteiger partial charge in [0.05, 0.1) is 12.1 Å². The maximum Gasteiger partial charge on any atom is 0.237 e. The van der Waals surface area contributed by atoms with Crippen molar-refractivity contribution in [3.8, 4) is 0 Å². The molecule has 2 N–H and O–H groups in total. The number of aliphatic hydroxyl groups excluding tert-OH is 1. The fraction of sp³-hybridized carbons (Fsp3) is 0.933. The van der Waals surface area contributed by atoms with E-state index in [0.717, 1.165) is 19.4 Å². The predicted octanol–water partition coefficient (Wildman–Crippen LogP) is 1.53. The van der Waals surface area contributed by atoms with Gasteiger partial charge >= 0.3 is 0 Å². The number of likely N-dealkylation sites (tertiary alicyclic amines) is 1. The Kier molecular flexibility index (Phi) is 5.22. The maximum absolute atomic E-state index is 12.4. The monoisotopic (exact) mass is 268 g/mol. The first-order valence-electron chi connectivity index (χ1n) is 7.78. The van der Waals surface area contributed by atoms with E-state index >= 15 is 0 Å². The van der Waals surface area contributed by atoms with Crippen molar-refractivity contribution in [1.29, 1.82) is 0 Å². The number of hydrogen-bond acceptors (Lipinski definition) is 3. The van der Waals surface area contributed by atoms with Gasteiger partial charge in [-0.1, -0.05) is 33.1 Å². The molecule has 1 saturated heterocycles. The SMILES string of the molecule is CC(C)CN1C[C@H](O)C[C@@H]1C(=O)NC1CCCCC1. The predicted molar refractivity (Wildman–Crippen MR) is 75.8 cm³/mol. The molecule has 110 valence electrons. The van der Waals surface area contributed by atoms with Crippen molar-refractivity contribution in [3.05, 3.63) is 0 Å². The topological polar surface area (TPSA) is 52.6 Å². The zero-order valence-electron chi connectivity index (χ0n) is 12.3. The van der Waals surface area contributed by atoms with Crippen LogP contribution in [-0.4, -0.2) is 47.2 Å². The van der Waals surface area contributed by atoms with Crippen LogP contribution in [0.3, 0.4) is 0 Å². The fourth-order valence-corrected chi connectivity index (χ4v) is 3.37. The summed E-state index contributed by atoms with van der Waals surface area (Å²) in [5.41, 5.74) is 0. The van der Waals surface area contributed by atoms with E-state index in [-0.39, 0.29) is 18.1 Å². The van der Waals surface area contributed by atoms with Crippen molar-refractivity contribution >= 4 is 5.91 Å². The third-order valence-electron chi connectivity index (χ3n) is 4.24. The minimum absolute atomic E-state index is 0.126. The summed E-state index contributed by atoms with van der Waals surface area (Å²) in [6.07, 6.45) is 6.23. The van der Waals surface area contributed by atoms with Crippen LogP contribution in [0.4, 0.5) is 0 Å². The molecule has 0 radical (unpaired) electrons. The van der Waals surface area contributed by atoms with Crippen LogP contribution >= 0.6 is 0 Å². The van der Waals surface area contributed by atoms with Crippen LogP contribution in [0.1, 0.15) is 52.4 Å². The lowest BCUT2D eigenvalue weighted by Crippen LogP contribution is -2.48. The molecule has 0 aromatic heterocycles. The van der Waals surface area contributed by atoms with Crippen LogP contribution in [0.25, 0.3) is 0 Å². The van der Waals surface area contributed by atoms with Crippen LogP contribution in [-0.2, 0) is 4.79 Å². The van der Waals surface area contributed by atoms with Crippen molar-refractivity contribution in [2.75, 3.05) is 13.1 Å². The van der Waals surface area contributed by atoms with E-state index in [1.165, 1.54) is 19.3 Å². The van der Waals surface area contributed by atoms with Gasteiger partial charge in [-0.25, -0.2) is 0 Å². The highest BCUT2D eigenvalue weighted by Gasteiger charge is 2.36. The van der Waals surface area contributed by atoms with E-state index in [9.17, 15) is 9.90 Å². The smallest absolute Gasteiger partial charge is 0.237 e. The van der Waals surface area contributed by atoms with Gasteiger partial charge in [0, 0.05) is 19.1 Å². The Morgan fingerprint density at radius 1 is 1.32 bits per heavy atom. The lowest BCUT2D eigenvalue weighted by Gasteiger charge is -2.28. The van der Waals surface area contributed by atoms with Crippen molar-refractivity contribution in [2.45, 2.75) is 70.6 Å². The number of nitrogens with zero attached hydrogens (tertiary/aromatic N) is 1. The summed E-state index contributed by atoms with van der Waals surface area (Å²) < 4.78 is 0. The van der Waals surface area contributed by atoms with Crippen LogP contribution in [0.5, 0.6) is 0 Å². The molecule has 0 aromatic rings. The minimum Gasteiger partial charge on any atom is -0.392 e. The zero-order valence-corrected chi connectivity index (χ0v) is 12.3. The molecule has 19 heavy (non-hydrogen) atoms. The summed E-state index contributed by atoms with van der Waals surface area (Å²) in [4.78, 5) is 14.5. The molecule has 0 unspecified atom stereocenters. The Labute approximate surface area is 116 Å². The van der Waals surface area contributed by atoms with E-state index in [4.69, 9.17) is 0 Å². The molecule has 1 aliphatic heterocycles. The van der Waals surface area contributed by atoms with Gasteiger partial charge in [0.15, 0.2) is 0 Å². The molecule has 4 nitrogen and oxygen atoms in total. The first-order chi connectivity index (χ1) is 9.06. The van der Waals surface area contributed by atoms with Crippen LogP contribution in [0.2, 0.25) is 0 Å². The van der Waals surface area contributed by atoms with Crippen molar-refractivity contribution in [1.82, 2.24) is 10.2 Å². The lowest BCUT2D eigenvalue weighted by atomic mass is 9.95. The number of rotatable bonds is 4. The molecule has 1 aliphatic carbocycles. The second-order valence-electron chi connectivity index (χ2n) is 6.60. The molecule has 1 amide bonds. The van der Waals surface area contributed by atoms with Gasteiger partial charge in [-0.3, -0.25) is 9.69 Å². The quantitative estimate of drug-likeness (QED) is 0.813. The standard InChI is InChI=1S/C15H28N2O2/c1-11(2)9-17-10-13(18)8-14(17)15(19)16-12-6-4-3-5-7-12/h11-14,18H,3-10H2,1-2H3,(H,16,19)/t13-,14-/m1/s1. The summed E-state index contributed by atoms with van der Waals surface area (Å²) in [5, 5.41) is 13.0. The van der Waals surface area contributed by atoms with Crippen molar-refractivity contribution in [3.63, 3.8) is 0 Å². The van der Waals surface area contributed by atoms with Gasteiger partial charge in [-0.05, 0) is 25.2 Å². The summed E-state index contributed by atoms with van der Waals surface area (Å²) in [6.45, 7) is 5.84. The highest BCUT2D eigenvalue weighted by molar-refractivity contribution is 5.82. The van der Waals surface area contributed by atoms with Crippen molar-refractivity contribution in [2.24, 2.45) is 5.92 Å². The molecule has 0 bridgehead atoms. The van der Waals surface area contributed by atoms with E-state index in [1.54, 1.807) is 0 Å². The summed E-state index contributed by atoms with van der Waals surface area (Å²) >= 11 is 0. The minimum atomic E-state index is -0.346. The fourth-order valence-electron chi connectivity index (χ4n) is 3.37. The largest absolute Gasteiger partial charge is 0.392 e. The third-order valence-corrected chi connectivity index (χ3v) is 4.24. The normalized spacial score (nSPS) is 29.9. The van der Waals surface area contributed by atoms with Gasteiger partial charge in [0.2, 0.25) is 5.91 Å². The van der Waals surface area contributed by atoms with E-state index in [0.29, 0.717) is 24.9 Å². The Balaban J connectivity index is 1.88. The number of amides is 1. The average Bonchev–Trinajstić information content (AvgIpc) is 2.70. The molecular formula is C15H28N2O2. The summed E-state index contributed by atoms with van der Waals surface area (Å²) in [7, 11) is 0. The average molecular weight is 268 g/mol. The molecule has 2 atom stereocenters. The molecule has 2 rings (SSSR count). The van der Waals surface area contributed by atoms with Gasteiger partial charge in [0.25, 0.3) is 0 Å². The van der Waals surface area contributed by atoms with E-state index in [2.05, 4.69) is 24.1 Å². The number of β-amino-alcohol motifs (C(OH)–C–C–N with tert-alkyl or cyclic N) is 1. The van der Waals surface area contributed by atoms with Crippen LogP contribution in [0, 0.1) is 5.92 Å². The van der Waals surface area contributed by atoms with Gasteiger partial charge in [-0.15, -0.1) is 0 Å². The first kappa shape index (κ1) is 14.8. The summed E-state index contributed by atoms with van der Waals surface area (Å²) in [6, 6.07) is 0.235. The maximum atomic E-state index is 12.4. The highest BCUT2D eigenvalue weighted by Crippen LogP contribution is 2.22. The Hall–Kier alpha value is -0.610. The van der Waals surface area contributed by atoms with Gasteiger partial charge in [0.1, 0.15) is 0 Å². The highest BCUT2D eigenvalue weighted by atomic mass is 16.3. The van der Waals surface area contributed by atoms with Gasteiger partial charge < -0.3 is 10.4 Å². The molecule has 0 spiro atoms. The number of hydrogen-bond donors (Lipinski definition) is 2. The third kappa shape index (κ3) is 4.18. The Bertz CT molecular complexity index is 301. The number of carbonyl (C=O) groups excluding carboxylic acids is 1. The molecule has 4 heteroatoms. The number of carbonyl (C=O) groups is 1. The Morgan fingerprint density at radius 3 is 2.63 bits per heavy atom. The van der Waals surface area contributed by atoms with Gasteiger partial charge in [-0.2, -0.15) is 0 Å². The number of nitrogens with one attached hydrogen (secondary N) is 1. The Morgan fingerprint density at radius 2 is 2.00 bits per heavy atom. The molecule has 0 aromatic carbocycles. The molecule has 2 fully saturated rings. The van der Waals surface area contributed by atoms with Crippen molar-refractivity contribution < 1.29 is 9.90 Å². The summed E-state index contributed by atoms with van der Waals surface area (Å²) in [5.74, 6) is 0.652. The molecule has 1 saturated carbocycles. The second kappa shape index (κ2) is 6.71. The lowest BCUT2D eigenvalue weighted by molar-refractivity contribution is -0.126.